The number of rotatable bonds is 4. The predicted molar refractivity (Wildman–Crippen MR) is 116 cm³/mol. The molecule has 1 atom stereocenters. The molecule has 1 saturated heterocycles. The van der Waals surface area contributed by atoms with Crippen LogP contribution in [-0.2, 0) is 9.59 Å². The zero-order valence-corrected chi connectivity index (χ0v) is 17.4. The second-order valence-corrected chi connectivity index (χ2v) is 8.38. The van der Waals surface area contributed by atoms with Crippen LogP contribution in [0.1, 0.15) is 32.6 Å². The molecule has 2 fully saturated rings. The third-order valence-corrected chi connectivity index (χ3v) is 6.28. The standard InChI is InChI=1S/C23H22FN5O3/c1-13(29-21(31)23(28-22(29)32)10-2-3-11-23)20(30)25-16-8-9-17-18(12-16)27-19(26-17)14-4-6-15(24)7-5-14/h4-9,12-13H,2-3,10-11H2,1H3,(H,25,30)(H,26,27)(H,28,32). The van der Waals surface area contributed by atoms with E-state index in [0.29, 0.717) is 35.4 Å². The predicted octanol–water partition coefficient (Wildman–Crippen LogP) is 3.56. The molecule has 3 N–H and O–H groups in total. The largest absolute Gasteiger partial charge is 0.338 e. The van der Waals surface area contributed by atoms with Gasteiger partial charge in [0, 0.05) is 11.3 Å². The number of amides is 4. The lowest BCUT2D eigenvalue weighted by atomic mass is 9.97. The molecule has 2 aromatic carbocycles. The molecule has 9 heteroatoms. The van der Waals surface area contributed by atoms with Crippen molar-refractivity contribution in [3.05, 3.63) is 48.3 Å². The van der Waals surface area contributed by atoms with Crippen molar-refractivity contribution >= 4 is 34.6 Å². The molecule has 1 aliphatic heterocycles. The van der Waals surface area contributed by atoms with Gasteiger partial charge in [0.05, 0.1) is 11.0 Å². The van der Waals surface area contributed by atoms with Gasteiger partial charge in [0.25, 0.3) is 5.91 Å². The van der Waals surface area contributed by atoms with Crippen molar-refractivity contribution in [1.82, 2.24) is 20.2 Å². The number of H-pyrrole nitrogens is 1. The average Bonchev–Trinajstić information content (AvgIpc) is 3.46. The van der Waals surface area contributed by atoms with Crippen LogP contribution >= 0.6 is 0 Å². The average molecular weight is 435 g/mol. The summed E-state index contributed by atoms with van der Waals surface area (Å²) in [6.07, 6.45) is 2.97. The van der Waals surface area contributed by atoms with Gasteiger partial charge in [0.2, 0.25) is 5.91 Å². The number of carbonyl (C=O) groups excluding carboxylic acids is 3. The molecule has 1 saturated carbocycles. The SMILES string of the molecule is CC(C(=O)Nc1ccc2nc(-c3ccc(F)cc3)[nH]c2c1)N1C(=O)NC2(CCCC2)C1=O. The van der Waals surface area contributed by atoms with Gasteiger partial charge in [-0.3, -0.25) is 9.59 Å². The molecule has 0 bridgehead atoms. The zero-order chi connectivity index (χ0) is 22.5. The number of anilines is 1. The smallest absolute Gasteiger partial charge is 0.325 e. The van der Waals surface area contributed by atoms with Crippen molar-refractivity contribution in [3.63, 3.8) is 0 Å². The molecule has 3 aromatic rings. The number of nitrogens with one attached hydrogen (secondary N) is 3. The second kappa shape index (κ2) is 7.44. The number of nitrogens with zero attached hydrogens (tertiary/aromatic N) is 2. The van der Waals surface area contributed by atoms with Gasteiger partial charge < -0.3 is 15.6 Å². The van der Waals surface area contributed by atoms with Gasteiger partial charge in [-0.2, -0.15) is 0 Å². The number of hydrogen-bond donors (Lipinski definition) is 3. The number of imidazole rings is 1. The highest BCUT2D eigenvalue weighted by atomic mass is 19.1. The number of urea groups is 1. The van der Waals surface area contributed by atoms with Crippen LogP contribution < -0.4 is 10.6 Å². The molecule has 5 rings (SSSR count). The van der Waals surface area contributed by atoms with Crippen LogP contribution in [0.3, 0.4) is 0 Å². The van der Waals surface area contributed by atoms with E-state index in [2.05, 4.69) is 20.6 Å². The lowest BCUT2D eigenvalue weighted by molar-refractivity contribution is -0.136. The van der Waals surface area contributed by atoms with E-state index in [4.69, 9.17) is 0 Å². The molecule has 32 heavy (non-hydrogen) atoms. The van der Waals surface area contributed by atoms with Crippen LogP contribution in [0.25, 0.3) is 22.4 Å². The first-order valence-electron chi connectivity index (χ1n) is 10.6. The number of fused-ring (bicyclic) bond motifs is 1. The van der Waals surface area contributed by atoms with Crippen LogP contribution in [0.2, 0.25) is 0 Å². The fraction of sp³-hybridized carbons (Fsp3) is 0.304. The van der Waals surface area contributed by atoms with Gasteiger partial charge in [-0.1, -0.05) is 12.8 Å². The maximum atomic E-state index is 13.2. The molecule has 164 valence electrons. The van der Waals surface area contributed by atoms with E-state index in [0.717, 1.165) is 23.3 Å². The molecule has 4 amide bonds. The molecule has 2 aliphatic rings. The Morgan fingerprint density at radius 1 is 1.16 bits per heavy atom. The number of halogens is 1. The highest BCUT2D eigenvalue weighted by Gasteiger charge is 2.54. The minimum absolute atomic E-state index is 0.324. The first-order chi connectivity index (χ1) is 15.4. The number of imide groups is 1. The number of aromatic nitrogens is 2. The monoisotopic (exact) mass is 435 g/mol. The van der Waals surface area contributed by atoms with Crippen molar-refractivity contribution in [1.29, 1.82) is 0 Å². The van der Waals surface area contributed by atoms with E-state index >= 15 is 0 Å². The minimum atomic E-state index is -0.949. The van der Waals surface area contributed by atoms with Crippen molar-refractivity contribution in [3.8, 4) is 11.4 Å². The Labute approximate surface area is 183 Å². The Kier molecular flexibility index (Phi) is 4.69. The molecule has 8 nitrogen and oxygen atoms in total. The summed E-state index contributed by atoms with van der Waals surface area (Å²) >= 11 is 0. The van der Waals surface area contributed by atoms with E-state index in [-0.39, 0.29) is 11.7 Å². The lowest BCUT2D eigenvalue weighted by Crippen LogP contribution is -2.48. The molecular weight excluding hydrogens is 413 g/mol. The Morgan fingerprint density at radius 2 is 1.88 bits per heavy atom. The van der Waals surface area contributed by atoms with Crippen molar-refractivity contribution in [2.24, 2.45) is 0 Å². The first kappa shape index (κ1) is 20.2. The van der Waals surface area contributed by atoms with E-state index in [9.17, 15) is 18.8 Å². The number of benzene rings is 2. The highest BCUT2D eigenvalue weighted by molar-refractivity contribution is 6.11. The molecule has 1 spiro atoms. The van der Waals surface area contributed by atoms with Crippen molar-refractivity contribution < 1.29 is 18.8 Å². The van der Waals surface area contributed by atoms with E-state index in [1.165, 1.54) is 12.1 Å². The van der Waals surface area contributed by atoms with Gasteiger partial charge in [0.15, 0.2) is 0 Å². The summed E-state index contributed by atoms with van der Waals surface area (Å²) in [7, 11) is 0. The Morgan fingerprint density at radius 3 is 2.59 bits per heavy atom. The van der Waals surface area contributed by atoms with Crippen LogP contribution in [0.15, 0.2) is 42.5 Å². The van der Waals surface area contributed by atoms with Gasteiger partial charge in [0.1, 0.15) is 23.2 Å². The van der Waals surface area contributed by atoms with Crippen LogP contribution in [0.5, 0.6) is 0 Å². The maximum Gasteiger partial charge on any atom is 0.325 e. The van der Waals surface area contributed by atoms with Crippen LogP contribution in [0.4, 0.5) is 14.9 Å². The quantitative estimate of drug-likeness (QED) is 0.545. The second-order valence-electron chi connectivity index (χ2n) is 8.38. The lowest BCUT2D eigenvalue weighted by Gasteiger charge is -2.23. The molecule has 1 unspecified atom stereocenters. The Bertz CT molecular complexity index is 1230. The Hall–Kier alpha value is -3.75. The fourth-order valence-corrected chi connectivity index (χ4v) is 4.51. The molecule has 1 aromatic heterocycles. The summed E-state index contributed by atoms with van der Waals surface area (Å²) in [5.41, 5.74) is 1.77. The zero-order valence-electron chi connectivity index (χ0n) is 17.4. The Balaban J connectivity index is 1.33. The van der Waals surface area contributed by atoms with E-state index in [1.807, 2.05) is 0 Å². The third-order valence-electron chi connectivity index (χ3n) is 6.28. The third kappa shape index (κ3) is 3.30. The van der Waals surface area contributed by atoms with Crippen molar-refractivity contribution in [2.45, 2.75) is 44.2 Å². The van der Waals surface area contributed by atoms with E-state index < -0.39 is 23.5 Å². The van der Waals surface area contributed by atoms with Gasteiger partial charge in [-0.05, 0) is 62.2 Å². The molecular formula is C23H22FN5O3. The van der Waals surface area contributed by atoms with Gasteiger partial charge in [-0.25, -0.2) is 19.1 Å². The highest BCUT2D eigenvalue weighted by Crippen LogP contribution is 2.36. The summed E-state index contributed by atoms with van der Waals surface area (Å²) in [5, 5.41) is 5.57. The normalized spacial score (nSPS) is 18.4. The fourth-order valence-electron chi connectivity index (χ4n) is 4.51. The maximum absolute atomic E-state index is 13.2. The molecule has 0 radical (unpaired) electrons. The van der Waals surface area contributed by atoms with Gasteiger partial charge >= 0.3 is 6.03 Å². The van der Waals surface area contributed by atoms with Gasteiger partial charge in [-0.15, -0.1) is 0 Å². The molecule has 1 aliphatic carbocycles. The summed E-state index contributed by atoms with van der Waals surface area (Å²) in [6, 6.07) is 9.70. The summed E-state index contributed by atoms with van der Waals surface area (Å²) in [6.45, 7) is 1.54. The summed E-state index contributed by atoms with van der Waals surface area (Å²) < 4.78 is 13.2. The first-order valence-corrected chi connectivity index (χ1v) is 10.6. The number of hydrogen-bond acceptors (Lipinski definition) is 4. The number of aromatic amines is 1. The van der Waals surface area contributed by atoms with Crippen LogP contribution in [0, 0.1) is 5.82 Å². The molecule has 2 heterocycles. The van der Waals surface area contributed by atoms with Crippen molar-refractivity contribution in [2.75, 3.05) is 5.32 Å². The minimum Gasteiger partial charge on any atom is -0.338 e. The number of carbonyl (C=O) groups is 3. The van der Waals surface area contributed by atoms with E-state index in [1.54, 1.807) is 37.3 Å². The van der Waals surface area contributed by atoms with Crippen LogP contribution in [-0.4, -0.2) is 44.3 Å². The topological polar surface area (TPSA) is 107 Å². The summed E-state index contributed by atoms with van der Waals surface area (Å²) in [4.78, 5) is 46.9. The summed E-state index contributed by atoms with van der Waals surface area (Å²) in [5.74, 6) is -0.525.